The highest BCUT2D eigenvalue weighted by Gasteiger charge is 2.06. The molecule has 2 amide bonds. The van der Waals surface area contributed by atoms with E-state index < -0.39 is 6.03 Å². The van der Waals surface area contributed by atoms with Gasteiger partial charge in [0.25, 0.3) is 0 Å². The Bertz CT molecular complexity index is 690. The standard InChI is InChI=1S/C16H16Cl2N2O2/c1-10-3-5-13(7-11(10)2)22-9-19-16(21)20-15-6-4-12(17)8-14(15)18/h3-8H,9H2,1-2H3,(H2,19,20,21). The van der Waals surface area contributed by atoms with Crippen LogP contribution in [0.5, 0.6) is 5.75 Å². The lowest BCUT2D eigenvalue weighted by Crippen LogP contribution is -2.32. The van der Waals surface area contributed by atoms with Crippen LogP contribution in [0.15, 0.2) is 36.4 Å². The summed E-state index contributed by atoms with van der Waals surface area (Å²) in [6.07, 6.45) is 0. The zero-order valence-electron chi connectivity index (χ0n) is 12.2. The fourth-order valence-corrected chi connectivity index (χ4v) is 2.20. The molecule has 116 valence electrons. The number of carbonyl (C=O) groups excluding carboxylic acids is 1. The van der Waals surface area contributed by atoms with E-state index in [0.717, 1.165) is 5.56 Å². The van der Waals surface area contributed by atoms with E-state index in [4.69, 9.17) is 27.9 Å². The van der Waals surface area contributed by atoms with Gasteiger partial charge in [0, 0.05) is 5.02 Å². The van der Waals surface area contributed by atoms with E-state index in [9.17, 15) is 4.79 Å². The lowest BCUT2D eigenvalue weighted by atomic mass is 10.1. The van der Waals surface area contributed by atoms with Gasteiger partial charge in [0.05, 0.1) is 10.7 Å². The Balaban J connectivity index is 1.83. The van der Waals surface area contributed by atoms with Crippen LogP contribution in [0.4, 0.5) is 10.5 Å². The molecule has 0 heterocycles. The van der Waals surface area contributed by atoms with E-state index >= 15 is 0 Å². The van der Waals surface area contributed by atoms with Crippen molar-refractivity contribution in [2.45, 2.75) is 13.8 Å². The normalized spacial score (nSPS) is 10.2. The van der Waals surface area contributed by atoms with Crippen LogP contribution in [-0.4, -0.2) is 12.8 Å². The van der Waals surface area contributed by atoms with Crippen molar-refractivity contribution in [1.29, 1.82) is 0 Å². The minimum Gasteiger partial charge on any atom is -0.473 e. The molecule has 0 saturated carbocycles. The Morgan fingerprint density at radius 1 is 1.09 bits per heavy atom. The van der Waals surface area contributed by atoms with Crippen LogP contribution in [0, 0.1) is 13.8 Å². The Kier molecular flexibility index (Phi) is 5.52. The average Bonchev–Trinajstić information content (AvgIpc) is 2.46. The van der Waals surface area contributed by atoms with Crippen molar-refractivity contribution in [3.63, 3.8) is 0 Å². The fraction of sp³-hybridized carbons (Fsp3) is 0.188. The molecule has 0 bridgehead atoms. The maximum absolute atomic E-state index is 11.8. The fourth-order valence-electron chi connectivity index (χ4n) is 1.75. The summed E-state index contributed by atoms with van der Waals surface area (Å²) >= 11 is 11.8. The van der Waals surface area contributed by atoms with E-state index in [1.165, 1.54) is 5.56 Å². The third-order valence-electron chi connectivity index (χ3n) is 3.13. The maximum atomic E-state index is 11.8. The van der Waals surface area contributed by atoms with E-state index in [2.05, 4.69) is 10.6 Å². The first-order valence-electron chi connectivity index (χ1n) is 6.65. The molecule has 0 fully saturated rings. The molecule has 0 aliphatic carbocycles. The molecule has 0 aromatic heterocycles. The third-order valence-corrected chi connectivity index (χ3v) is 3.68. The zero-order chi connectivity index (χ0) is 16.1. The van der Waals surface area contributed by atoms with Crippen molar-refractivity contribution in [2.75, 3.05) is 12.0 Å². The molecule has 4 nitrogen and oxygen atoms in total. The second-order valence-corrected chi connectivity index (χ2v) is 5.63. The minimum absolute atomic E-state index is 0.0551. The first-order valence-corrected chi connectivity index (χ1v) is 7.41. The van der Waals surface area contributed by atoms with Gasteiger partial charge in [-0.2, -0.15) is 0 Å². The van der Waals surface area contributed by atoms with Crippen LogP contribution >= 0.6 is 23.2 Å². The molecule has 2 aromatic rings. The van der Waals surface area contributed by atoms with Gasteiger partial charge < -0.3 is 15.4 Å². The number of ether oxygens (including phenoxy) is 1. The lowest BCUT2D eigenvalue weighted by Gasteiger charge is -2.11. The number of anilines is 1. The van der Waals surface area contributed by atoms with Crippen molar-refractivity contribution in [2.24, 2.45) is 0 Å². The quantitative estimate of drug-likeness (QED) is 0.789. The first-order chi connectivity index (χ1) is 10.5. The number of amides is 2. The number of urea groups is 1. The maximum Gasteiger partial charge on any atom is 0.321 e. The number of halogens is 2. The Morgan fingerprint density at radius 3 is 2.55 bits per heavy atom. The number of hydrogen-bond donors (Lipinski definition) is 2. The smallest absolute Gasteiger partial charge is 0.321 e. The van der Waals surface area contributed by atoms with Gasteiger partial charge in [-0.05, 0) is 55.3 Å². The molecule has 2 rings (SSSR count). The SMILES string of the molecule is Cc1ccc(OCNC(=O)Nc2ccc(Cl)cc2Cl)cc1C. The van der Waals surface area contributed by atoms with Crippen molar-refractivity contribution >= 4 is 34.9 Å². The van der Waals surface area contributed by atoms with Crippen molar-refractivity contribution < 1.29 is 9.53 Å². The monoisotopic (exact) mass is 338 g/mol. The molecule has 0 atom stereocenters. The predicted molar refractivity (Wildman–Crippen MR) is 90.0 cm³/mol. The highest BCUT2D eigenvalue weighted by Crippen LogP contribution is 2.25. The van der Waals surface area contributed by atoms with Crippen molar-refractivity contribution in [1.82, 2.24) is 5.32 Å². The number of rotatable bonds is 4. The van der Waals surface area contributed by atoms with Gasteiger partial charge in [-0.15, -0.1) is 0 Å². The summed E-state index contributed by atoms with van der Waals surface area (Å²) < 4.78 is 5.47. The van der Waals surface area contributed by atoms with Crippen LogP contribution in [-0.2, 0) is 0 Å². The van der Waals surface area contributed by atoms with Gasteiger partial charge in [-0.1, -0.05) is 29.3 Å². The first kappa shape index (κ1) is 16.5. The van der Waals surface area contributed by atoms with Gasteiger partial charge in [0.1, 0.15) is 5.75 Å². The van der Waals surface area contributed by atoms with E-state index in [-0.39, 0.29) is 6.73 Å². The summed E-state index contributed by atoms with van der Waals surface area (Å²) in [6.45, 7) is 4.09. The number of aryl methyl sites for hydroxylation is 2. The molecule has 0 radical (unpaired) electrons. The van der Waals surface area contributed by atoms with Crippen molar-refractivity contribution in [3.8, 4) is 5.75 Å². The number of hydrogen-bond acceptors (Lipinski definition) is 2. The molecule has 0 unspecified atom stereocenters. The second-order valence-electron chi connectivity index (χ2n) is 4.79. The highest BCUT2D eigenvalue weighted by molar-refractivity contribution is 6.36. The molecule has 0 saturated heterocycles. The summed E-state index contributed by atoms with van der Waals surface area (Å²) in [6, 6.07) is 10.2. The van der Waals surface area contributed by atoms with Gasteiger partial charge in [0.2, 0.25) is 0 Å². The van der Waals surface area contributed by atoms with Crippen LogP contribution in [0.3, 0.4) is 0 Å². The highest BCUT2D eigenvalue weighted by atomic mass is 35.5. The topological polar surface area (TPSA) is 50.4 Å². The summed E-state index contributed by atoms with van der Waals surface area (Å²) in [7, 11) is 0. The summed E-state index contributed by atoms with van der Waals surface area (Å²) in [4.78, 5) is 11.8. The van der Waals surface area contributed by atoms with Gasteiger partial charge >= 0.3 is 6.03 Å². The second kappa shape index (κ2) is 7.38. The van der Waals surface area contributed by atoms with Crippen LogP contribution < -0.4 is 15.4 Å². The summed E-state index contributed by atoms with van der Waals surface area (Å²) in [5, 5.41) is 6.10. The molecular weight excluding hydrogens is 323 g/mol. The summed E-state index contributed by atoms with van der Waals surface area (Å²) in [5.41, 5.74) is 2.81. The van der Waals surface area contributed by atoms with Crippen molar-refractivity contribution in [3.05, 3.63) is 57.6 Å². The molecular formula is C16H16Cl2N2O2. The Morgan fingerprint density at radius 2 is 1.86 bits per heavy atom. The van der Waals surface area contributed by atoms with E-state index in [1.54, 1.807) is 18.2 Å². The molecule has 22 heavy (non-hydrogen) atoms. The number of benzene rings is 2. The van der Waals surface area contributed by atoms with Gasteiger partial charge in [0.15, 0.2) is 6.73 Å². The number of nitrogens with one attached hydrogen (secondary N) is 2. The molecule has 0 aliphatic rings. The average molecular weight is 339 g/mol. The molecule has 6 heteroatoms. The largest absolute Gasteiger partial charge is 0.473 e. The molecule has 2 aromatic carbocycles. The minimum atomic E-state index is -0.409. The Labute approximate surface area is 139 Å². The molecule has 0 spiro atoms. The van der Waals surface area contributed by atoms with Crippen LogP contribution in [0.1, 0.15) is 11.1 Å². The molecule has 2 N–H and O–H groups in total. The third kappa shape index (κ3) is 4.55. The lowest BCUT2D eigenvalue weighted by molar-refractivity contribution is 0.234. The van der Waals surface area contributed by atoms with E-state index in [1.807, 2.05) is 32.0 Å². The number of carbonyl (C=O) groups is 1. The predicted octanol–water partition coefficient (Wildman–Crippen LogP) is 4.77. The van der Waals surface area contributed by atoms with E-state index in [0.29, 0.717) is 21.5 Å². The van der Waals surface area contributed by atoms with Gasteiger partial charge in [-0.25, -0.2) is 4.79 Å². The molecule has 0 aliphatic heterocycles. The van der Waals surface area contributed by atoms with Gasteiger partial charge in [-0.3, -0.25) is 0 Å². The summed E-state index contributed by atoms with van der Waals surface area (Å²) in [5.74, 6) is 0.702. The van der Waals surface area contributed by atoms with Crippen LogP contribution in [0.25, 0.3) is 0 Å². The Hall–Kier alpha value is -1.91. The zero-order valence-corrected chi connectivity index (χ0v) is 13.8. The van der Waals surface area contributed by atoms with Crippen LogP contribution in [0.2, 0.25) is 10.0 Å².